The van der Waals surface area contributed by atoms with Gasteiger partial charge in [0.25, 0.3) is 0 Å². The highest BCUT2D eigenvalue weighted by Gasteiger charge is 2.34. The van der Waals surface area contributed by atoms with E-state index in [-0.39, 0.29) is 5.41 Å². The van der Waals surface area contributed by atoms with Gasteiger partial charge < -0.3 is 9.80 Å². The number of rotatable bonds is 9. The molecule has 0 N–H and O–H groups in total. The van der Waals surface area contributed by atoms with Crippen LogP contribution in [-0.2, 0) is 5.41 Å². The summed E-state index contributed by atoms with van der Waals surface area (Å²) in [5, 5.41) is 0. The molecule has 0 saturated carbocycles. The molecule has 0 saturated heterocycles. The van der Waals surface area contributed by atoms with Gasteiger partial charge in [0.2, 0.25) is 0 Å². The highest BCUT2D eigenvalue weighted by atomic mass is 15.1. The Morgan fingerprint density at radius 2 is 1.00 bits per heavy atom. The van der Waals surface area contributed by atoms with Crippen LogP contribution >= 0.6 is 0 Å². The lowest BCUT2D eigenvalue weighted by Gasteiger charge is -2.36. The van der Waals surface area contributed by atoms with Crippen LogP contribution < -0.4 is 9.80 Å². The van der Waals surface area contributed by atoms with Crippen LogP contribution in [0.1, 0.15) is 62.4 Å². The van der Waals surface area contributed by atoms with Gasteiger partial charge in [-0.3, -0.25) is 0 Å². The lowest BCUT2D eigenvalue weighted by molar-refractivity contribution is 0.680. The van der Waals surface area contributed by atoms with Crippen molar-refractivity contribution in [3.05, 3.63) is 94.5 Å². The summed E-state index contributed by atoms with van der Waals surface area (Å²) in [4.78, 5) is 4.83. The Balaban J connectivity index is 2.20. The van der Waals surface area contributed by atoms with E-state index in [4.69, 9.17) is 0 Å². The van der Waals surface area contributed by atoms with Gasteiger partial charge in [-0.05, 0) is 101 Å². The number of aryl methyl sites for hydroxylation is 2. The molecule has 0 unspecified atom stereocenters. The van der Waals surface area contributed by atoms with Gasteiger partial charge >= 0.3 is 0 Å². The van der Waals surface area contributed by atoms with Crippen LogP contribution in [0.4, 0.5) is 11.4 Å². The minimum absolute atomic E-state index is 0.223. The lowest BCUT2D eigenvalue weighted by Crippen LogP contribution is -2.29. The average Bonchev–Trinajstić information content (AvgIpc) is 2.81. The first kappa shape index (κ1) is 23.9. The molecule has 170 valence electrons. The molecule has 0 heterocycles. The Labute approximate surface area is 195 Å². The molecule has 3 rings (SSSR count). The molecule has 32 heavy (non-hydrogen) atoms. The Morgan fingerprint density at radius 3 is 1.34 bits per heavy atom. The van der Waals surface area contributed by atoms with Gasteiger partial charge in [0, 0.05) is 43.0 Å². The topological polar surface area (TPSA) is 6.48 Å². The third kappa shape index (κ3) is 4.41. The second-order valence-electron chi connectivity index (χ2n) is 8.83. The van der Waals surface area contributed by atoms with E-state index in [0.717, 1.165) is 26.2 Å². The van der Waals surface area contributed by atoms with Crippen LogP contribution in [0.2, 0.25) is 0 Å². The summed E-state index contributed by atoms with van der Waals surface area (Å²) in [5.74, 6) is 0. The Bertz CT molecular complexity index is 953. The Kier molecular flexibility index (Phi) is 7.66. The molecule has 0 atom stereocenters. The van der Waals surface area contributed by atoms with E-state index >= 15 is 0 Å². The third-order valence-corrected chi connectivity index (χ3v) is 7.11. The molecule has 0 aliphatic rings. The zero-order chi connectivity index (χ0) is 23.3. The monoisotopic (exact) mass is 428 g/mol. The van der Waals surface area contributed by atoms with Crippen molar-refractivity contribution in [2.75, 3.05) is 36.0 Å². The van der Waals surface area contributed by atoms with Gasteiger partial charge in [0.1, 0.15) is 0 Å². The lowest BCUT2D eigenvalue weighted by atomic mass is 9.68. The fraction of sp³-hybridized carbons (Fsp3) is 0.400. The van der Waals surface area contributed by atoms with Crippen molar-refractivity contribution in [2.24, 2.45) is 0 Å². The van der Waals surface area contributed by atoms with E-state index in [1.54, 1.807) is 0 Å². The van der Waals surface area contributed by atoms with Crippen molar-refractivity contribution in [2.45, 2.75) is 53.9 Å². The second kappa shape index (κ2) is 10.3. The van der Waals surface area contributed by atoms with E-state index in [2.05, 4.69) is 125 Å². The molecule has 0 fully saturated rings. The highest BCUT2D eigenvalue weighted by molar-refractivity contribution is 5.61. The first-order valence-corrected chi connectivity index (χ1v) is 12.2. The molecule has 0 radical (unpaired) electrons. The van der Waals surface area contributed by atoms with Crippen molar-refractivity contribution in [3.63, 3.8) is 0 Å². The van der Waals surface area contributed by atoms with Crippen LogP contribution in [0.15, 0.2) is 66.7 Å². The second-order valence-corrected chi connectivity index (χ2v) is 8.83. The fourth-order valence-corrected chi connectivity index (χ4v) is 5.22. The van der Waals surface area contributed by atoms with E-state index in [9.17, 15) is 0 Å². The minimum atomic E-state index is -0.223. The molecule has 3 aromatic rings. The summed E-state index contributed by atoms with van der Waals surface area (Å²) in [6.45, 7) is 19.9. The van der Waals surface area contributed by atoms with Crippen LogP contribution in [-0.4, -0.2) is 26.2 Å². The summed E-state index contributed by atoms with van der Waals surface area (Å²) in [5.41, 5.74) is 9.15. The van der Waals surface area contributed by atoms with Crippen molar-refractivity contribution >= 4 is 11.4 Å². The van der Waals surface area contributed by atoms with Crippen LogP contribution in [0.25, 0.3) is 0 Å². The van der Waals surface area contributed by atoms with Gasteiger partial charge in [0.15, 0.2) is 0 Å². The molecular weight excluding hydrogens is 388 g/mol. The summed E-state index contributed by atoms with van der Waals surface area (Å²) in [7, 11) is 0. The van der Waals surface area contributed by atoms with Crippen molar-refractivity contribution in [1.29, 1.82) is 0 Å². The molecule has 0 amide bonds. The van der Waals surface area contributed by atoms with Gasteiger partial charge in [-0.1, -0.05) is 42.5 Å². The number of anilines is 2. The smallest absolute Gasteiger partial charge is 0.0428 e. The minimum Gasteiger partial charge on any atom is -0.372 e. The van der Waals surface area contributed by atoms with E-state index < -0.39 is 0 Å². The first-order valence-electron chi connectivity index (χ1n) is 12.2. The fourth-order valence-electron chi connectivity index (χ4n) is 5.22. The van der Waals surface area contributed by atoms with Gasteiger partial charge in [-0.2, -0.15) is 0 Å². The van der Waals surface area contributed by atoms with Gasteiger partial charge in [-0.25, -0.2) is 0 Å². The maximum absolute atomic E-state index is 2.42. The van der Waals surface area contributed by atoms with Crippen LogP contribution in [0.3, 0.4) is 0 Å². The number of hydrogen-bond donors (Lipinski definition) is 0. The standard InChI is InChI=1S/C30H40N2/c1-8-31(9-2)26-17-19-28(23(5)21-26)30(7,25-15-13-12-14-16-25)29-20-18-27(22-24(29)6)32(10-3)11-4/h12-22H,8-11H2,1-7H3. The third-order valence-electron chi connectivity index (χ3n) is 7.11. The predicted molar refractivity (Wildman–Crippen MR) is 141 cm³/mol. The number of hydrogen-bond acceptors (Lipinski definition) is 2. The molecule has 0 bridgehead atoms. The molecule has 2 heteroatoms. The van der Waals surface area contributed by atoms with Crippen molar-refractivity contribution in [3.8, 4) is 0 Å². The SMILES string of the molecule is CCN(CC)c1ccc(C(C)(c2ccccc2)c2ccc(N(CC)CC)cc2C)c(C)c1. The largest absolute Gasteiger partial charge is 0.372 e. The average molecular weight is 429 g/mol. The molecule has 0 spiro atoms. The zero-order valence-electron chi connectivity index (χ0n) is 21.1. The molecule has 0 aliphatic carbocycles. The molecule has 3 aromatic carbocycles. The van der Waals surface area contributed by atoms with Crippen molar-refractivity contribution in [1.82, 2.24) is 0 Å². The van der Waals surface area contributed by atoms with Crippen LogP contribution in [0.5, 0.6) is 0 Å². The first-order chi connectivity index (χ1) is 15.4. The number of nitrogens with zero attached hydrogens (tertiary/aromatic N) is 2. The Morgan fingerprint density at radius 1 is 0.594 bits per heavy atom. The van der Waals surface area contributed by atoms with E-state index in [0.29, 0.717) is 0 Å². The predicted octanol–water partition coefficient (Wildman–Crippen LogP) is 7.35. The van der Waals surface area contributed by atoms with E-state index in [1.165, 1.54) is 39.2 Å². The van der Waals surface area contributed by atoms with Gasteiger partial charge in [0.05, 0.1) is 0 Å². The zero-order valence-corrected chi connectivity index (χ0v) is 21.1. The Hall–Kier alpha value is -2.74. The van der Waals surface area contributed by atoms with Crippen molar-refractivity contribution < 1.29 is 0 Å². The summed E-state index contributed by atoms with van der Waals surface area (Å²) >= 11 is 0. The molecular formula is C30H40N2. The quantitative estimate of drug-likeness (QED) is 0.329. The maximum atomic E-state index is 2.42. The normalized spacial score (nSPS) is 11.5. The summed E-state index contributed by atoms with van der Waals surface area (Å²) < 4.78 is 0. The maximum Gasteiger partial charge on any atom is 0.0428 e. The van der Waals surface area contributed by atoms with Crippen LogP contribution in [0, 0.1) is 13.8 Å². The molecule has 2 nitrogen and oxygen atoms in total. The summed E-state index contributed by atoms with van der Waals surface area (Å²) in [6, 6.07) is 25.0. The van der Waals surface area contributed by atoms with Gasteiger partial charge in [-0.15, -0.1) is 0 Å². The summed E-state index contributed by atoms with van der Waals surface area (Å²) in [6.07, 6.45) is 0. The van der Waals surface area contributed by atoms with E-state index in [1.807, 2.05) is 0 Å². The molecule has 0 aliphatic heterocycles. The highest BCUT2D eigenvalue weighted by Crippen LogP contribution is 2.43. The number of benzene rings is 3. The molecule has 0 aromatic heterocycles.